The van der Waals surface area contributed by atoms with E-state index in [9.17, 15) is 8.78 Å². The highest BCUT2D eigenvalue weighted by molar-refractivity contribution is 5.77. The van der Waals surface area contributed by atoms with Crippen molar-refractivity contribution in [2.24, 2.45) is 0 Å². The van der Waals surface area contributed by atoms with Crippen LogP contribution in [0.2, 0.25) is 0 Å². The van der Waals surface area contributed by atoms with Crippen molar-refractivity contribution in [2.75, 3.05) is 5.32 Å². The number of hydrogen-bond acceptors (Lipinski definition) is 4. The first-order valence-corrected chi connectivity index (χ1v) is 11.1. The fraction of sp³-hybridized carbons (Fsp3) is 0.103. The highest BCUT2D eigenvalue weighted by atomic mass is 19.1. The van der Waals surface area contributed by atoms with Crippen molar-refractivity contribution >= 4 is 17.6 Å². The molecule has 0 bridgehead atoms. The van der Waals surface area contributed by atoms with Gasteiger partial charge in [-0.25, -0.2) is 13.8 Å². The van der Waals surface area contributed by atoms with Gasteiger partial charge >= 0.3 is 0 Å². The van der Waals surface area contributed by atoms with E-state index in [2.05, 4.69) is 21.9 Å². The van der Waals surface area contributed by atoms with Crippen molar-refractivity contribution in [1.82, 2.24) is 9.97 Å². The number of hydrogen-bond donors (Lipinski definition) is 1. The molecule has 0 atom stereocenters. The number of rotatable bonds is 8. The number of anilines is 1. The SMILES string of the molecule is C=C(/C=C\c1nc(NCc2ccc(C)cc2)nc(Oc2cccc(F)c2)c1C)c1ccc(F)cc1. The molecule has 0 aliphatic rings. The van der Waals surface area contributed by atoms with Crippen LogP contribution in [0.1, 0.15) is 27.9 Å². The molecule has 0 unspecified atom stereocenters. The molecule has 1 aromatic heterocycles. The van der Waals surface area contributed by atoms with Crippen LogP contribution in [0.4, 0.5) is 14.7 Å². The van der Waals surface area contributed by atoms with Gasteiger partial charge in [0.05, 0.1) is 5.69 Å². The summed E-state index contributed by atoms with van der Waals surface area (Å²) in [6, 6.07) is 20.2. The average Bonchev–Trinajstić information content (AvgIpc) is 2.85. The van der Waals surface area contributed by atoms with Gasteiger partial charge in [-0.15, -0.1) is 0 Å². The minimum atomic E-state index is -0.400. The molecule has 4 nitrogen and oxygen atoms in total. The molecule has 1 heterocycles. The highest BCUT2D eigenvalue weighted by Gasteiger charge is 2.12. The second-order valence-electron chi connectivity index (χ2n) is 8.13. The minimum absolute atomic E-state index is 0.305. The van der Waals surface area contributed by atoms with Crippen LogP contribution in [-0.4, -0.2) is 9.97 Å². The van der Waals surface area contributed by atoms with E-state index in [0.29, 0.717) is 41.0 Å². The summed E-state index contributed by atoms with van der Waals surface area (Å²) in [5.74, 6) is 0.309. The molecule has 0 aliphatic carbocycles. The van der Waals surface area contributed by atoms with Crippen molar-refractivity contribution in [2.45, 2.75) is 20.4 Å². The van der Waals surface area contributed by atoms with Crippen LogP contribution in [0, 0.1) is 25.5 Å². The van der Waals surface area contributed by atoms with E-state index in [4.69, 9.17) is 4.74 Å². The zero-order valence-electron chi connectivity index (χ0n) is 19.6. The van der Waals surface area contributed by atoms with E-state index in [-0.39, 0.29) is 5.82 Å². The molecule has 4 aromatic rings. The number of nitrogens with one attached hydrogen (secondary N) is 1. The lowest BCUT2D eigenvalue weighted by atomic mass is 10.1. The van der Waals surface area contributed by atoms with Crippen LogP contribution in [0.25, 0.3) is 11.6 Å². The Hall–Kier alpha value is -4.32. The van der Waals surface area contributed by atoms with E-state index in [1.807, 2.05) is 38.1 Å². The first-order valence-electron chi connectivity index (χ1n) is 11.1. The van der Waals surface area contributed by atoms with E-state index < -0.39 is 5.82 Å². The lowest BCUT2D eigenvalue weighted by Gasteiger charge is -2.13. The third kappa shape index (κ3) is 6.38. The molecule has 35 heavy (non-hydrogen) atoms. The quantitative estimate of drug-likeness (QED) is 0.271. The molecule has 4 rings (SSSR count). The van der Waals surface area contributed by atoms with Gasteiger partial charge in [0.2, 0.25) is 11.8 Å². The number of allylic oxidation sites excluding steroid dienone is 2. The van der Waals surface area contributed by atoms with Gasteiger partial charge in [0.15, 0.2) is 0 Å². The van der Waals surface area contributed by atoms with Gasteiger partial charge in [-0.05, 0) is 60.9 Å². The second kappa shape index (κ2) is 10.7. The van der Waals surface area contributed by atoms with Crippen molar-refractivity contribution < 1.29 is 13.5 Å². The number of nitrogens with zero attached hydrogens (tertiary/aromatic N) is 2. The summed E-state index contributed by atoms with van der Waals surface area (Å²) in [7, 11) is 0. The summed E-state index contributed by atoms with van der Waals surface area (Å²) in [5.41, 5.74) is 5.04. The van der Waals surface area contributed by atoms with Crippen LogP contribution < -0.4 is 10.1 Å². The van der Waals surface area contributed by atoms with Crippen LogP contribution in [0.15, 0.2) is 85.5 Å². The topological polar surface area (TPSA) is 47.0 Å². The Morgan fingerprint density at radius 2 is 1.69 bits per heavy atom. The molecule has 0 aliphatic heterocycles. The fourth-order valence-electron chi connectivity index (χ4n) is 3.32. The summed E-state index contributed by atoms with van der Waals surface area (Å²) in [4.78, 5) is 9.16. The first-order chi connectivity index (χ1) is 16.9. The van der Waals surface area contributed by atoms with Gasteiger partial charge in [-0.1, -0.05) is 60.7 Å². The third-order valence-corrected chi connectivity index (χ3v) is 5.38. The van der Waals surface area contributed by atoms with Gasteiger partial charge in [0.1, 0.15) is 17.4 Å². The Labute approximate surface area is 203 Å². The molecule has 1 N–H and O–H groups in total. The number of benzene rings is 3. The van der Waals surface area contributed by atoms with Gasteiger partial charge in [0.25, 0.3) is 0 Å². The van der Waals surface area contributed by atoms with Crippen LogP contribution >= 0.6 is 0 Å². The van der Waals surface area contributed by atoms with Crippen molar-refractivity contribution in [3.05, 3.63) is 125 Å². The summed E-state index contributed by atoms with van der Waals surface area (Å²) in [6.07, 6.45) is 3.61. The number of aryl methyl sites for hydroxylation is 1. The van der Waals surface area contributed by atoms with Gasteiger partial charge < -0.3 is 10.1 Å². The monoisotopic (exact) mass is 469 g/mol. The summed E-state index contributed by atoms with van der Waals surface area (Å²) >= 11 is 0. The summed E-state index contributed by atoms with van der Waals surface area (Å²) < 4.78 is 32.9. The zero-order valence-corrected chi connectivity index (χ0v) is 19.6. The van der Waals surface area contributed by atoms with Gasteiger partial charge in [-0.3, -0.25) is 0 Å². The lowest BCUT2D eigenvalue weighted by molar-refractivity contribution is 0.453. The van der Waals surface area contributed by atoms with Gasteiger partial charge in [-0.2, -0.15) is 4.98 Å². The van der Waals surface area contributed by atoms with Gasteiger partial charge in [0, 0.05) is 18.2 Å². The fourth-order valence-corrected chi connectivity index (χ4v) is 3.32. The molecule has 0 amide bonds. The molecule has 0 saturated carbocycles. The maximum Gasteiger partial charge on any atom is 0.227 e. The lowest BCUT2D eigenvalue weighted by Crippen LogP contribution is -2.07. The van der Waals surface area contributed by atoms with E-state index in [1.165, 1.54) is 29.8 Å². The average molecular weight is 470 g/mol. The molecule has 0 saturated heterocycles. The molecule has 3 aromatic carbocycles. The Morgan fingerprint density at radius 3 is 2.40 bits per heavy atom. The van der Waals surface area contributed by atoms with E-state index >= 15 is 0 Å². The Kier molecular flexibility index (Phi) is 7.31. The Morgan fingerprint density at radius 1 is 0.943 bits per heavy atom. The standard InChI is InChI=1S/C29H25F2N3O/c1-19-7-10-22(11-8-19)18-32-29-33-27(16-9-20(2)23-12-14-24(30)15-13-23)21(3)28(34-29)35-26-6-4-5-25(31)17-26/h4-17H,2,18H2,1,3H3,(H,32,33,34)/b16-9-. The first kappa shape index (κ1) is 23.8. The number of aromatic nitrogens is 2. The maximum absolute atomic E-state index is 13.7. The normalized spacial score (nSPS) is 11.0. The van der Waals surface area contributed by atoms with Crippen molar-refractivity contribution in [3.8, 4) is 11.6 Å². The predicted octanol–water partition coefficient (Wildman–Crippen LogP) is 7.50. The minimum Gasteiger partial charge on any atom is -0.438 e. The molecule has 0 fully saturated rings. The molecule has 176 valence electrons. The third-order valence-electron chi connectivity index (χ3n) is 5.38. The summed E-state index contributed by atoms with van der Waals surface area (Å²) in [6.45, 7) is 8.45. The Bertz CT molecular complexity index is 1360. The smallest absolute Gasteiger partial charge is 0.227 e. The number of halogens is 2. The molecule has 0 radical (unpaired) electrons. The second-order valence-corrected chi connectivity index (χ2v) is 8.13. The van der Waals surface area contributed by atoms with Crippen molar-refractivity contribution in [3.63, 3.8) is 0 Å². The molecule has 0 spiro atoms. The number of ether oxygens (including phenoxy) is 1. The molecular weight excluding hydrogens is 444 g/mol. The molecular formula is C29H25F2N3O. The zero-order chi connectivity index (χ0) is 24.8. The van der Waals surface area contributed by atoms with Crippen LogP contribution in [0.5, 0.6) is 11.6 Å². The molecule has 6 heteroatoms. The largest absolute Gasteiger partial charge is 0.438 e. The maximum atomic E-state index is 13.7. The van der Waals surface area contributed by atoms with E-state index in [0.717, 1.165) is 11.1 Å². The summed E-state index contributed by atoms with van der Waals surface area (Å²) in [5, 5.41) is 3.24. The van der Waals surface area contributed by atoms with Crippen LogP contribution in [0.3, 0.4) is 0 Å². The van der Waals surface area contributed by atoms with E-state index in [1.54, 1.807) is 36.4 Å². The van der Waals surface area contributed by atoms with Crippen molar-refractivity contribution in [1.29, 1.82) is 0 Å². The highest BCUT2D eigenvalue weighted by Crippen LogP contribution is 2.28. The Balaban J connectivity index is 1.63. The predicted molar refractivity (Wildman–Crippen MR) is 136 cm³/mol. The van der Waals surface area contributed by atoms with Crippen LogP contribution in [-0.2, 0) is 6.54 Å².